The highest BCUT2D eigenvalue weighted by molar-refractivity contribution is 7.91. The number of carbonyl (C=O) groups excluding carboxylic acids is 1. The summed E-state index contributed by atoms with van der Waals surface area (Å²) in [5.74, 6) is -0.0855. The summed E-state index contributed by atoms with van der Waals surface area (Å²) in [5.41, 5.74) is 0.485. The lowest BCUT2D eigenvalue weighted by atomic mass is 10.1. The Balaban J connectivity index is 2.16. The first kappa shape index (κ1) is 17.8. The Morgan fingerprint density at radius 2 is 2.21 bits per heavy atom. The molecule has 0 unspecified atom stereocenters. The SMILES string of the molecule is C=CCOc1ccccc1/C=C(\C#N)C(=O)N[C@@H]1CCS(=O)(=O)C1. The molecule has 0 aliphatic carbocycles. The van der Waals surface area contributed by atoms with Crippen LogP contribution in [0.3, 0.4) is 0 Å². The monoisotopic (exact) mass is 346 g/mol. The molecule has 1 saturated heterocycles. The van der Waals surface area contributed by atoms with Crippen molar-refractivity contribution in [2.45, 2.75) is 12.5 Å². The maximum absolute atomic E-state index is 12.2. The molecule has 1 atom stereocenters. The smallest absolute Gasteiger partial charge is 0.262 e. The Labute approximate surface area is 141 Å². The molecule has 1 aromatic rings. The average Bonchev–Trinajstić information content (AvgIpc) is 2.90. The lowest BCUT2D eigenvalue weighted by molar-refractivity contribution is -0.117. The summed E-state index contributed by atoms with van der Waals surface area (Å²) < 4.78 is 28.4. The number of ether oxygens (including phenoxy) is 1. The molecule has 0 bridgehead atoms. The first-order valence-electron chi connectivity index (χ1n) is 7.41. The van der Waals surface area contributed by atoms with E-state index in [4.69, 9.17) is 4.74 Å². The molecule has 0 spiro atoms. The van der Waals surface area contributed by atoms with Crippen LogP contribution in [0, 0.1) is 11.3 Å². The molecule has 1 aromatic carbocycles. The van der Waals surface area contributed by atoms with Gasteiger partial charge in [-0.05, 0) is 18.6 Å². The summed E-state index contributed by atoms with van der Waals surface area (Å²) >= 11 is 0. The fourth-order valence-corrected chi connectivity index (χ4v) is 4.03. The third-order valence-electron chi connectivity index (χ3n) is 3.51. The zero-order chi connectivity index (χ0) is 17.6. The van der Waals surface area contributed by atoms with Crippen LogP contribution in [0.2, 0.25) is 0 Å². The second-order valence-corrected chi connectivity index (χ2v) is 7.61. The fourth-order valence-electron chi connectivity index (χ4n) is 2.36. The van der Waals surface area contributed by atoms with Gasteiger partial charge in [0.05, 0.1) is 11.5 Å². The standard InChI is InChI=1S/C17H18N2O4S/c1-2-8-23-16-6-4-3-5-13(16)10-14(11-18)17(20)19-15-7-9-24(21,22)12-15/h2-6,10,15H,1,7-9,12H2,(H,19,20)/b14-10+/t15-/m1/s1. The van der Waals surface area contributed by atoms with E-state index in [0.29, 0.717) is 24.3 Å². The van der Waals surface area contributed by atoms with E-state index in [1.54, 1.807) is 30.3 Å². The van der Waals surface area contributed by atoms with E-state index in [2.05, 4.69) is 11.9 Å². The molecular formula is C17H18N2O4S. The van der Waals surface area contributed by atoms with Gasteiger partial charge in [0, 0.05) is 11.6 Å². The number of benzene rings is 1. The highest BCUT2D eigenvalue weighted by Crippen LogP contribution is 2.21. The number of rotatable bonds is 6. The molecule has 0 aromatic heterocycles. The van der Waals surface area contributed by atoms with Gasteiger partial charge >= 0.3 is 0 Å². The first-order valence-corrected chi connectivity index (χ1v) is 9.23. The van der Waals surface area contributed by atoms with Crippen molar-refractivity contribution in [1.29, 1.82) is 5.26 Å². The number of nitriles is 1. The van der Waals surface area contributed by atoms with Gasteiger partial charge in [0.25, 0.3) is 5.91 Å². The van der Waals surface area contributed by atoms with Crippen molar-refractivity contribution in [3.8, 4) is 11.8 Å². The van der Waals surface area contributed by atoms with Gasteiger partial charge in [-0.3, -0.25) is 4.79 Å². The quantitative estimate of drug-likeness (QED) is 0.478. The van der Waals surface area contributed by atoms with Crippen LogP contribution in [0.15, 0.2) is 42.5 Å². The van der Waals surface area contributed by atoms with Crippen LogP contribution in [-0.2, 0) is 14.6 Å². The molecule has 1 aliphatic heterocycles. The first-order chi connectivity index (χ1) is 11.4. The van der Waals surface area contributed by atoms with Gasteiger partial charge in [-0.2, -0.15) is 5.26 Å². The van der Waals surface area contributed by atoms with Gasteiger partial charge in [0.2, 0.25) is 0 Å². The Morgan fingerprint density at radius 1 is 1.46 bits per heavy atom. The van der Waals surface area contributed by atoms with Crippen molar-refractivity contribution in [1.82, 2.24) is 5.32 Å². The summed E-state index contributed by atoms with van der Waals surface area (Å²) in [6.07, 6.45) is 3.39. The second-order valence-electron chi connectivity index (χ2n) is 5.38. The number of amides is 1. The van der Waals surface area contributed by atoms with E-state index < -0.39 is 21.8 Å². The molecule has 1 aliphatic rings. The number of para-hydroxylation sites is 1. The number of hydrogen-bond acceptors (Lipinski definition) is 5. The van der Waals surface area contributed by atoms with Crippen LogP contribution in [-0.4, -0.2) is 38.5 Å². The topological polar surface area (TPSA) is 96.3 Å². The minimum absolute atomic E-state index is 0.0573. The molecule has 7 heteroatoms. The predicted octanol–water partition coefficient (Wildman–Crippen LogP) is 1.46. The van der Waals surface area contributed by atoms with Gasteiger partial charge in [0.15, 0.2) is 9.84 Å². The predicted molar refractivity (Wildman–Crippen MR) is 90.9 cm³/mol. The van der Waals surface area contributed by atoms with E-state index >= 15 is 0 Å². The van der Waals surface area contributed by atoms with Gasteiger partial charge in [-0.1, -0.05) is 30.9 Å². The maximum atomic E-state index is 12.2. The summed E-state index contributed by atoms with van der Waals surface area (Å²) in [5, 5.41) is 11.8. The molecule has 126 valence electrons. The average molecular weight is 346 g/mol. The van der Waals surface area contributed by atoms with Crippen molar-refractivity contribution in [3.05, 3.63) is 48.1 Å². The van der Waals surface area contributed by atoms with Crippen molar-refractivity contribution in [3.63, 3.8) is 0 Å². The van der Waals surface area contributed by atoms with Crippen molar-refractivity contribution in [2.24, 2.45) is 0 Å². The van der Waals surface area contributed by atoms with Crippen LogP contribution >= 0.6 is 0 Å². The van der Waals surface area contributed by atoms with Crippen molar-refractivity contribution < 1.29 is 17.9 Å². The Hall–Kier alpha value is -2.59. The molecule has 2 rings (SSSR count). The summed E-state index contributed by atoms with van der Waals surface area (Å²) in [6.45, 7) is 3.88. The molecule has 0 saturated carbocycles. The number of nitrogens with zero attached hydrogens (tertiary/aromatic N) is 1. The Kier molecular flexibility index (Phi) is 5.77. The number of sulfone groups is 1. The molecule has 6 nitrogen and oxygen atoms in total. The fraction of sp³-hybridized carbons (Fsp3) is 0.294. The van der Waals surface area contributed by atoms with Crippen LogP contribution in [0.4, 0.5) is 0 Å². The lowest BCUT2D eigenvalue weighted by Gasteiger charge is -2.11. The minimum atomic E-state index is -3.10. The lowest BCUT2D eigenvalue weighted by Crippen LogP contribution is -2.36. The van der Waals surface area contributed by atoms with Crippen LogP contribution < -0.4 is 10.1 Å². The summed E-state index contributed by atoms with van der Waals surface area (Å²) in [4.78, 5) is 12.2. The minimum Gasteiger partial charge on any atom is -0.489 e. The van der Waals surface area contributed by atoms with Gasteiger partial charge < -0.3 is 10.1 Å². The molecule has 1 heterocycles. The summed E-state index contributed by atoms with van der Waals surface area (Å²) in [7, 11) is -3.10. The summed E-state index contributed by atoms with van der Waals surface area (Å²) in [6, 6.07) is 8.40. The normalized spacial score (nSPS) is 19.3. The van der Waals surface area contributed by atoms with Gasteiger partial charge in [0.1, 0.15) is 24.0 Å². The molecular weight excluding hydrogens is 328 g/mol. The zero-order valence-corrected chi connectivity index (χ0v) is 13.9. The van der Waals surface area contributed by atoms with Gasteiger partial charge in [-0.15, -0.1) is 0 Å². The Morgan fingerprint density at radius 3 is 2.83 bits per heavy atom. The molecule has 1 N–H and O–H groups in total. The van der Waals surface area contributed by atoms with Crippen LogP contribution in [0.25, 0.3) is 6.08 Å². The van der Waals surface area contributed by atoms with Crippen LogP contribution in [0.5, 0.6) is 5.75 Å². The Bertz CT molecular complexity index is 806. The van der Waals surface area contributed by atoms with Crippen molar-refractivity contribution in [2.75, 3.05) is 18.1 Å². The highest BCUT2D eigenvalue weighted by Gasteiger charge is 2.29. The maximum Gasteiger partial charge on any atom is 0.262 e. The molecule has 24 heavy (non-hydrogen) atoms. The van der Waals surface area contributed by atoms with Crippen LogP contribution in [0.1, 0.15) is 12.0 Å². The van der Waals surface area contributed by atoms with E-state index in [-0.39, 0.29) is 17.1 Å². The van der Waals surface area contributed by atoms with E-state index in [0.717, 1.165) is 0 Å². The zero-order valence-electron chi connectivity index (χ0n) is 13.1. The third-order valence-corrected chi connectivity index (χ3v) is 5.28. The number of carbonyl (C=O) groups is 1. The largest absolute Gasteiger partial charge is 0.489 e. The highest BCUT2D eigenvalue weighted by atomic mass is 32.2. The van der Waals surface area contributed by atoms with Gasteiger partial charge in [-0.25, -0.2) is 8.42 Å². The third kappa shape index (κ3) is 4.70. The number of hydrogen-bond donors (Lipinski definition) is 1. The molecule has 1 fully saturated rings. The number of nitrogens with one attached hydrogen (secondary N) is 1. The van der Waals surface area contributed by atoms with E-state index in [9.17, 15) is 18.5 Å². The second kappa shape index (κ2) is 7.79. The van der Waals surface area contributed by atoms with Crippen molar-refractivity contribution >= 4 is 21.8 Å². The molecule has 0 radical (unpaired) electrons. The molecule has 1 amide bonds. The van der Waals surface area contributed by atoms with E-state index in [1.807, 2.05) is 6.07 Å². The van der Waals surface area contributed by atoms with E-state index in [1.165, 1.54) is 6.08 Å².